The number of carbonyl (C=O) groups excluding carboxylic acids is 1. The smallest absolute Gasteiger partial charge is 0.217 e. The molecule has 0 fully saturated rings. The van der Waals surface area contributed by atoms with E-state index in [0.717, 1.165) is 31.5 Å². The fraction of sp³-hybridized carbons (Fsp3) is 0.435. The van der Waals surface area contributed by atoms with Crippen LogP contribution in [-0.4, -0.2) is 12.5 Å². The van der Waals surface area contributed by atoms with Gasteiger partial charge in [-0.2, -0.15) is 0 Å². The van der Waals surface area contributed by atoms with E-state index in [1.54, 1.807) is 12.1 Å². The van der Waals surface area contributed by atoms with Crippen LogP contribution in [0.2, 0.25) is 0 Å². The maximum absolute atomic E-state index is 13.4. The van der Waals surface area contributed by atoms with Crippen molar-refractivity contribution in [1.29, 1.82) is 0 Å². The summed E-state index contributed by atoms with van der Waals surface area (Å²) in [6, 6.07) is 9.57. The number of hydrogen-bond donors (Lipinski definition) is 1. The number of anilines is 1. The van der Waals surface area contributed by atoms with E-state index in [1.807, 2.05) is 6.07 Å². The second kappa shape index (κ2) is 7.34. The molecule has 1 amide bonds. The van der Waals surface area contributed by atoms with Gasteiger partial charge in [0.2, 0.25) is 5.91 Å². The predicted octanol–water partition coefficient (Wildman–Crippen LogP) is 4.45. The number of rotatable bonds is 5. The minimum absolute atomic E-state index is 0.156. The van der Waals surface area contributed by atoms with Gasteiger partial charge in [0.15, 0.2) is 0 Å². The molecular weight excluding hydrogens is 339 g/mol. The Bertz CT molecular complexity index is 850. The van der Waals surface area contributed by atoms with Crippen LogP contribution in [0, 0.1) is 25.1 Å². The number of nitrogens with zero attached hydrogens (tertiary/aromatic N) is 1. The SMILES string of the molecule is Cc1cc(N2CCc3cc(F)ccc3C2)cc(C)c1CC(C)(C)CC(N)=O. The Balaban J connectivity index is 1.83. The summed E-state index contributed by atoms with van der Waals surface area (Å²) >= 11 is 0. The number of hydrogen-bond acceptors (Lipinski definition) is 2. The molecule has 0 saturated carbocycles. The highest BCUT2D eigenvalue weighted by molar-refractivity contribution is 5.74. The third-order valence-corrected chi connectivity index (χ3v) is 5.53. The third kappa shape index (κ3) is 4.49. The van der Waals surface area contributed by atoms with Gasteiger partial charge in [0, 0.05) is 25.2 Å². The molecule has 2 aromatic carbocycles. The van der Waals surface area contributed by atoms with Gasteiger partial charge in [0.05, 0.1) is 0 Å². The molecule has 2 aromatic rings. The molecule has 2 N–H and O–H groups in total. The van der Waals surface area contributed by atoms with Crippen LogP contribution in [0.3, 0.4) is 0 Å². The predicted molar refractivity (Wildman–Crippen MR) is 108 cm³/mol. The first-order valence-corrected chi connectivity index (χ1v) is 9.55. The molecule has 27 heavy (non-hydrogen) atoms. The Hall–Kier alpha value is -2.36. The minimum Gasteiger partial charge on any atom is -0.370 e. The summed E-state index contributed by atoms with van der Waals surface area (Å²) < 4.78 is 13.4. The van der Waals surface area contributed by atoms with E-state index in [-0.39, 0.29) is 17.1 Å². The summed E-state index contributed by atoms with van der Waals surface area (Å²) in [7, 11) is 0. The average Bonchev–Trinajstić information content (AvgIpc) is 2.56. The van der Waals surface area contributed by atoms with E-state index in [1.165, 1.54) is 27.9 Å². The molecule has 0 spiro atoms. The maximum Gasteiger partial charge on any atom is 0.217 e. The van der Waals surface area contributed by atoms with E-state index < -0.39 is 0 Å². The first kappa shape index (κ1) is 19.4. The van der Waals surface area contributed by atoms with Crippen molar-refractivity contribution in [2.45, 2.75) is 53.5 Å². The van der Waals surface area contributed by atoms with E-state index in [4.69, 9.17) is 5.73 Å². The number of halogens is 1. The molecule has 0 radical (unpaired) electrons. The normalized spacial score (nSPS) is 14.2. The van der Waals surface area contributed by atoms with Crippen molar-refractivity contribution in [2.24, 2.45) is 11.1 Å². The quantitative estimate of drug-likeness (QED) is 0.847. The summed E-state index contributed by atoms with van der Waals surface area (Å²) in [5, 5.41) is 0. The number of nitrogens with two attached hydrogens (primary N) is 1. The molecule has 1 heterocycles. The van der Waals surface area contributed by atoms with E-state index >= 15 is 0 Å². The summed E-state index contributed by atoms with van der Waals surface area (Å²) in [5.74, 6) is -0.410. The lowest BCUT2D eigenvalue weighted by Gasteiger charge is -2.32. The number of primary amides is 1. The molecule has 144 valence electrons. The van der Waals surface area contributed by atoms with Gasteiger partial charge in [0.25, 0.3) is 0 Å². The largest absolute Gasteiger partial charge is 0.370 e. The van der Waals surface area contributed by atoms with Crippen molar-refractivity contribution in [3.63, 3.8) is 0 Å². The van der Waals surface area contributed by atoms with Crippen LogP contribution in [0.4, 0.5) is 10.1 Å². The van der Waals surface area contributed by atoms with Crippen molar-refractivity contribution in [3.05, 3.63) is 64.0 Å². The third-order valence-electron chi connectivity index (χ3n) is 5.53. The zero-order chi connectivity index (χ0) is 19.8. The molecule has 4 heteroatoms. The topological polar surface area (TPSA) is 46.3 Å². The van der Waals surface area contributed by atoms with Crippen molar-refractivity contribution in [1.82, 2.24) is 0 Å². The maximum atomic E-state index is 13.4. The monoisotopic (exact) mass is 368 g/mol. The molecular formula is C23H29FN2O. The van der Waals surface area contributed by atoms with Crippen molar-refractivity contribution < 1.29 is 9.18 Å². The van der Waals surface area contributed by atoms with Gasteiger partial charge in [-0.3, -0.25) is 4.79 Å². The van der Waals surface area contributed by atoms with Gasteiger partial charge < -0.3 is 10.6 Å². The van der Waals surface area contributed by atoms with Crippen LogP contribution < -0.4 is 10.6 Å². The van der Waals surface area contributed by atoms with Crippen molar-refractivity contribution >= 4 is 11.6 Å². The van der Waals surface area contributed by atoms with E-state index in [0.29, 0.717) is 6.42 Å². The number of fused-ring (bicyclic) bond motifs is 1. The van der Waals surface area contributed by atoms with Crippen LogP contribution >= 0.6 is 0 Å². The van der Waals surface area contributed by atoms with E-state index in [2.05, 4.69) is 44.7 Å². The van der Waals surface area contributed by atoms with Crippen LogP contribution in [0.25, 0.3) is 0 Å². The zero-order valence-corrected chi connectivity index (χ0v) is 16.7. The summed E-state index contributed by atoms with van der Waals surface area (Å²) in [5.41, 5.74) is 12.6. The number of carbonyl (C=O) groups is 1. The summed E-state index contributed by atoms with van der Waals surface area (Å²) in [6.45, 7) is 10.2. The van der Waals surface area contributed by atoms with Gasteiger partial charge in [-0.25, -0.2) is 4.39 Å². The van der Waals surface area contributed by atoms with Crippen LogP contribution in [0.5, 0.6) is 0 Å². The standard InChI is InChI=1S/C23H29FN2O/c1-15-9-20(10-16(2)21(15)12-23(3,4)13-22(25)27)26-8-7-17-11-19(24)6-5-18(17)14-26/h5-6,9-11H,7-8,12-14H2,1-4H3,(H2,25,27). The summed E-state index contributed by atoms with van der Waals surface area (Å²) in [4.78, 5) is 13.7. The second-order valence-corrected chi connectivity index (χ2v) is 8.63. The first-order chi connectivity index (χ1) is 12.6. The Labute approximate surface area is 161 Å². The van der Waals surface area contributed by atoms with Gasteiger partial charge in [-0.1, -0.05) is 19.9 Å². The van der Waals surface area contributed by atoms with Gasteiger partial charge >= 0.3 is 0 Å². The zero-order valence-electron chi connectivity index (χ0n) is 16.7. The molecule has 1 aliphatic heterocycles. The number of amides is 1. The van der Waals surface area contributed by atoms with E-state index in [9.17, 15) is 9.18 Å². The van der Waals surface area contributed by atoms with Gasteiger partial charge in [-0.15, -0.1) is 0 Å². The molecule has 0 unspecified atom stereocenters. The molecule has 0 aliphatic carbocycles. The number of aryl methyl sites for hydroxylation is 2. The molecule has 3 rings (SSSR count). The fourth-order valence-corrected chi connectivity index (χ4v) is 4.19. The summed E-state index contributed by atoms with van der Waals surface area (Å²) in [6.07, 6.45) is 2.07. The Morgan fingerprint density at radius 2 is 1.81 bits per heavy atom. The first-order valence-electron chi connectivity index (χ1n) is 9.55. The Kier molecular flexibility index (Phi) is 5.27. The van der Waals surface area contributed by atoms with Gasteiger partial charge in [-0.05, 0) is 84.2 Å². The fourth-order valence-electron chi connectivity index (χ4n) is 4.19. The van der Waals surface area contributed by atoms with Crippen LogP contribution in [-0.2, 0) is 24.2 Å². The highest BCUT2D eigenvalue weighted by Crippen LogP contribution is 2.33. The molecule has 1 aliphatic rings. The van der Waals surface area contributed by atoms with Crippen molar-refractivity contribution in [2.75, 3.05) is 11.4 Å². The molecule has 0 atom stereocenters. The van der Waals surface area contributed by atoms with Gasteiger partial charge in [0.1, 0.15) is 5.82 Å². The average molecular weight is 368 g/mol. The molecule has 0 aromatic heterocycles. The van der Waals surface area contributed by atoms with Crippen LogP contribution in [0.15, 0.2) is 30.3 Å². The van der Waals surface area contributed by atoms with Crippen LogP contribution in [0.1, 0.15) is 48.1 Å². The Morgan fingerprint density at radius 1 is 1.15 bits per heavy atom. The Morgan fingerprint density at radius 3 is 2.44 bits per heavy atom. The lowest BCUT2D eigenvalue weighted by molar-refractivity contribution is -0.119. The number of benzene rings is 2. The molecule has 0 saturated heterocycles. The second-order valence-electron chi connectivity index (χ2n) is 8.63. The highest BCUT2D eigenvalue weighted by atomic mass is 19.1. The highest BCUT2D eigenvalue weighted by Gasteiger charge is 2.24. The molecule has 3 nitrogen and oxygen atoms in total. The minimum atomic E-state index is -0.254. The molecule has 0 bridgehead atoms. The lowest BCUT2D eigenvalue weighted by Crippen LogP contribution is -2.30. The van der Waals surface area contributed by atoms with Crippen molar-refractivity contribution in [3.8, 4) is 0 Å². The lowest BCUT2D eigenvalue weighted by atomic mass is 9.80.